The van der Waals surface area contributed by atoms with E-state index in [4.69, 9.17) is 0 Å². The summed E-state index contributed by atoms with van der Waals surface area (Å²) >= 11 is 0. The fourth-order valence-corrected chi connectivity index (χ4v) is 2.71. The standard InChI is InChI=1S/C20H17F3N4O2/c1-12-4-3-5-14(10-12)18(28)25-19(29)24-15-6-8-16(9-7-15)27-17(20(21,22)23)11-13(2)26-27/h3-11H,1-2H3,(H2,24,25,28,29). The van der Waals surface area contributed by atoms with E-state index in [1.165, 1.54) is 31.2 Å². The third kappa shape index (κ3) is 4.81. The Morgan fingerprint density at radius 2 is 1.69 bits per heavy atom. The SMILES string of the molecule is Cc1cccc(C(=O)NC(=O)Nc2ccc(-n3nc(C)cc3C(F)(F)F)cc2)c1. The first-order chi connectivity index (χ1) is 13.6. The first-order valence-electron chi connectivity index (χ1n) is 8.57. The van der Waals surface area contributed by atoms with E-state index >= 15 is 0 Å². The number of imide groups is 1. The number of benzene rings is 2. The van der Waals surface area contributed by atoms with Crippen molar-refractivity contribution in [1.82, 2.24) is 15.1 Å². The van der Waals surface area contributed by atoms with E-state index in [9.17, 15) is 22.8 Å². The van der Waals surface area contributed by atoms with Crippen molar-refractivity contribution in [3.63, 3.8) is 0 Å². The molecule has 1 heterocycles. The second-order valence-corrected chi connectivity index (χ2v) is 6.41. The molecule has 3 rings (SSSR count). The van der Waals surface area contributed by atoms with E-state index in [1.807, 2.05) is 13.0 Å². The highest BCUT2D eigenvalue weighted by molar-refractivity contribution is 6.08. The lowest BCUT2D eigenvalue weighted by Crippen LogP contribution is -2.34. The molecule has 0 saturated heterocycles. The van der Waals surface area contributed by atoms with Gasteiger partial charge in [0.1, 0.15) is 5.69 Å². The van der Waals surface area contributed by atoms with Gasteiger partial charge >= 0.3 is 12.2 Å². The van der Waals surface area contributed by atoms with Crippen LogP contribution in [-0.2, 0) is 6.18 Å². The van der Waals surface area contributed by atoms with Crippen molar-refractivity contribution in [3.8, 4) is 5.69 Å². The van der Waals surface area contributed by atoms with Gasteiger partial charge in [0.15, 0.2) is 0 Å². The zero-order valence-electron chi connectivity index (χ0n) is 15.5. The number of alkyl halides is 3. The number of nitrogens with zero attached hydrogens (tertiary/aromatic N) is 2. The molecule has 0 aliphatic heterocycles. The van der Waals surface area contributed by atoms with Crippen LogP contribution in [0.3, 0.4) is 0 Å². The van der Waals surface area contributed by atoms with Crippen LogP contribution in [0, 0.1) is 13.8 Å². The Hall–Kier alpha value is -3.62. The summed E-state index contributed by atoms with van der Waals surface area (Å²) in [5.41, 5.74) is 1.05. The number of nitrogens with one attached hydrogen (secondary N) is 2. The largest absolute Gasteiger partial charge is 0.433 e. The summed E-state index contributed by atoms with van der Waals surface area (Å²) in [5, 5.41) is 8.53. The quantitative estimate of drug-likeness (QED) is 0.679. The maximum atomic E-state index is 13.1. The van der Waals surface area contributed by atoms with E-state index < -0.39 is 23.8 Å². The summed E-state index contributed by atoms with van der Waals surface area (Å²) in [6.45, 7) is 3.29. The van der Waals surface area contributed by atoms with Crippen LogP contribution in [0.1, 0.15) is 27.3 Å². The summed E-state index contributed by atoms with van der Waals surface area (Å²) < 4.78 is 40.2. The molecule has 0 spiro atoms. The second kappa shape index (κ2) is 7.78. The van der Waals surface area contributed by atoms with Gasteiger partial charge in [-0.15, -0.1) is 0 Å². The van der Waals surface area contributed by atoms with Crippen LogP contribution in [0.5, 0.6) is 0 Å². The molecular formula is C20H17F3N4O2. The maximum Gasteiger partial charge on any atom is 0.433 e. The molecular weight excluding hydrogens is 385 g/mol. The number of rotatable bonds is 3. The summed E-state index contributed by atoms with van der Waals surface area (Å²) in [5.74, 6) is -0.565. The highest BCUT2D eigenvalue weighted by Crippen LogP contribution is 2.31. The van der Waals surface area contributed by atoms with Crippen LogP contribution in [0.15, 0.2) is 54.6 Å². The van der Waals surface area contributed by atoms with Gasteiger partial charge < -0.3 is 5.32 Å². The highest BCUT2D eigenvalue weighted by Gasteiger charge is 2.35. The van der Waals surface area contributed by atoms with Gasteiger partial charge in [-0.1, -0.05) is 17.7 Å². The minimum atomic E-state index is -4.55. The van der Waals surface area contributed by atoms with Crippen molar-refractivity contribution < 1.29 is 22.8 Å². The van der Waals surface area contributed by atoms with Crippen LogP contribution in [0.2, 0.25) is 0 Å². The van der Waals surface area contributed by atoms with Gasteiger partial charge in [0.05, 0.1) is 11.4 Å². The number of aryl methyl sites for hydroxylation is 2. The van der Waals surface area contributed by atoms with Crippen molar-refractivity contribution >= 4 is 17.6 Å². The van der Waals surface area contributed by atoms with Crippen LogP contribution < -0.4 is 10.6 Å². The molecule has 0 aliphatic rings. The van der Waals surface area contributed by atoms with Crippen LogP contribution in [-0.4, -0.2) is 21.7 Å². The molecule has 0 fully saturated rings. The summed E-state index contributed by atoms with van der Waals surface area (Å²) in [4.78, 5) is 24.1. The van der Waals surface area contributed by atoms with E-state index in [-0.39, 0.29) is 11.4 Å². The molecule has 2 aromatic carbocycles. The van der Waals surface area contributed by atoms with Gasteiger partial charge in [-0.3, -0.25) is 10.1 Å². The van der Waals surface area contributed by atoms with Crippen LogP contribution >= 0.6 is 0 Å². The predicted octanol–water partition coefficient (Wildman–Crippen LogP) is 4.47. The van der Waals surface area contributed by atoms with E-state index in [0.29, 0.717) is 11.3 Å². The first-order valence-corrected chi connectivity index (χ1v) is 8.57. The first kappa shape index (κ1) is 20.1. The fraction of sp³-hybridized carbons (Fsp3) is 0.150. The van der Waals surface area contributed by atoms with E-state index in [2.05, 4.69) is 15.7 Å². The lowest BCUT2D eigenvalue weighted by Gasteiger charge is -2.11. The van der Waals surface area contributed by atoms with Gasteiger partial charge in [0.25, 0.3) is 5.91 Å². The number of hydrogen-bond acceptors (Lipinski definition) is 3. The third-order valence-electron chi connectivity index (χ3n) is 4.00. The molecule has 3 amide bonds. The molecule has 0 atom stereocenters. The Morgan fingerprint density at radius 1 is 1.00 bits per heavy atom. The Kier molecular flexibility index (Phi) is 5.40. The molecule has 29 heavy (non-hydrogen) atoms. The molecule has 0 saturated carbocycles. The minimum absolute atomic E-state index is 0.187. The van der Waals surface area contributed by atoms with Gasteiger partial charge in [-0.2, -0.15) is 18.3 Å². The number of urea groups is 1. The number of halogens is 3. The summed E-state index contributed by atoms with van der Waals surface area (Å²) in [6, 6.07) is 12.6. The highest BCUT2D eigenvalue weighted by atomic mass is 19.4. The normalized spacial score (nSPS) is 11.2. The van der Waals surface area contributed by atoms with Crippen LogP contribution in [0.25, 0.3) is 5.69 Å². The molecule has 2 N–H and O–H groups in total. The summed E-state index contributed by atoms with van der Waals surface area (Å²) in [7, 11) is 0. The molecule has 0 bridgehead atoms. The van der Waals surface area contributed by atoms with Crippen molar-refractivity contribution in [2.45, 2.75) is 20.0 Å². The van der Waals surface area contributed by atoms with Crippen molar-refractivity contribution in [1.29, 1.82) is 0 Å². The van der Waals surface area contributed by atoms with Gasteiger partial charge in [-0.05, 0) is 56.3 Å². The topological polar surface area (TPSA) is 76.0 Å². The molecule has 9 heteroatoms. The van der Waals surface area contributed by atoms with Gasteiger partial charge in [0, 0.05) is 11.3 Å². The zero-order chi connectivity index (χ0) is 21.2. The van der Waals surface area contributed by atoms with Gasteiger partial charge in [0.2, 0.25) is 0 Å². The van der Waals surface area contributed by atoms with Crippen LogP contribution in [0.4, 0.5) is 23.7 Å². The number of carbonyl (C=O) groups excluding carboxylic acids is 2. The maximum absolute atomic E-state index is 13.1. The third-order valence-corrected chi connectivity index (χ3v) is 4.00. The predicted molar refractivity (Wildman–Crippen MR) is 101 cm³/mol. The minimum Gasteiger partial charge on any atom is -0.308 e. The van der Waals surface area contributed by atoms with E-state index in [1.54, 1.807) is 18.2 Å². The number of carbonyl (C=O) groups is 2. The monoisotopic (exact) mass is 402 g/mol. The zero-order valence-corrected chi connectivity index (χ0v) is 15.5. The lowest BCUT2D eigenvalue weighted by molar-refractivity contribution is -0.142. The van der Waals surface area contributed by atoms with E-state index in [0.717, 1.165) is 16.3 Å². The molecule has 3 aromatic rings. The van der Waals surface area contributed by atoms with Crippen molar-refractivity contribution in [3.05, 3.63) is 77.1 Å². The average Bonchev–Trinajstić information content (AvgIpc) is 3.04. The van der Waals surface area contributed by atoms with Crippen molar-refractivity contribution in [2.75, 3.05) is 5.32 Å². The Balaban J connectivity index is 1.70. The Morgan fingerprint density at radius 3 is 2.31 bits per heavy atom. The molecule has 0 unspecified atom stereocenters. The average molecular weight is 402 g/mol. The smallest absolute Gasteiger partial charge is 0.308 e. The fourth-order valence-electron chi connectivity index (χ4n) is 2.71. The van der Waals surface area contributed by atoms with Crippen molar-refractivity contribution in [2.24, 2.45) is 0 Å². The Labute approximate surface area is 164 Å². The number of amides is 3. The molecule has 0 radical (unpaired) electrons. The molecule has 6 nitrogen and oxygen atoms in total. The Bertz CT molecular complexity index is 1060. The molecule has 0 aliphatic carbocycles. The molecule has 150 valence electrons. The number of anilines is 1. The lowest BCUT2D eigenvalue weighted by atomic mass is 10.1. The summed E-state index contributed by atoms with van der Waals surface area (Å²) in [6.07, 6.45) is -4.55. The number of aromatic nitrogens is 2. The number of hydrogen-bond donors (Lipinski definition) is 2. The second-order valence-electron chi connectivity index (χ2n) is 6.41. The van der Waals surface area contributed by atoms with Gasteiger partial charge in [-0.25, -0.2) is 9.48 Å². The molecule has 1 aromatic heterocycles.